The first-order valence-corrected chi connectivity index (χ1v) is 11.8. The van der Waals surface area contributed by atoms with Crippen molar-refractivity contribution in [2.75, 3.05) is 11.9 Å². The normalized spacial score (nSPS) is 23.4. The lowest BCUT2D eigenvalue weighted by Gasteiger charge is -2.39. The molecule has 1 N–H and O–H groups in total. The second-order valence-corrected chi connectivity index (χ2v) is 10.9. The Morgan fingerprint density at radius 2 is 1.65 bits per heavy atom. The van der Waals surface area contributed by atoms with Gasteiger partial charge in [-0.05, 0) is 72.6 Å². The number of benzene rings is 1. The summed E-state index contributed by atoms with van der Waals surface area (Å²) < 4.78 is 11.2. The van der Waals surface area contributed by atoms with E-state index in [-0.39, 0.29) is 22.9 Å². The lowest BCUT2D eigenvalue weighted by Crippen LogP contribution is -2.40. The molecular formula is C27H28N4O3. The third-order valence-corrected chi connectivity index (χ3v) is 7.10. The number of carbonyl (C=O) groups is 1. The molecule has 7 nitrogen and oxygen atoms in total. The minimum atomic E-state index is -0.0443. The summed E-state index contributed by atoms with van der Waals surface area (Å²) in [5, 5.41) is 3.11. The smallest absolute Gasteiger partial charge is 0.322 e. The summed E-state index contributed by atoms with van der Waals surface area (Å²) >= 11 is 0. The van der Waals surface area contributed by atoms with Gasteiger partial charge in [-0.1, -0.05) is 20.8 Å². The number of hydrogen-bond acceptors (Lipinski definition) is 5. The lowest BCUT2D eigenvalue weighted by atomic mass is 9.65. The van der Waals surface area contributed by atoms with Crippen molar-refractivity contribution in [1.82, 2.24) is 14.9 Å². The highest BCUT2D eigenvalue weighted by Crippen LogP contribution is 2.52. The van der Waals surface area contributed by atoms with Crippen LogP contribution >= 0.6 is 0 Å². The van der Waals surface area contributed by atoms with Gasteiger partial charge in [-0.3, -0.25) is 0 Å². The van der Waals surface area contributed by atoms with Crippen LogP contribution in [-0.2, 0) is 0 Å². The standard InChI is InChI=1S/C27H28N4O3/c1-26(2)13-18-14-27(3,15-26)16-31(18)25(32)28-17-8-9-19-20(12-17)30-24(22-7-5-11-34-22)23(29-19)21-6-4-10-33-21/h4-12,18H,13-16H2,1-3H3,(H,28,32)/t18-,27+/m0/s1. The Balaban J connectivity index is 1.32. The number of nitrogens with zero attached hydrogens (tertiary/aromatic N) is 3. The summed E-state index contributed by atoms with van der Waals surface area (Å²) in [7, 11) is 0. The Bertz CT molecular complexity index is 1360. The number of fused-ring (bicyclic) bond motifs is 3. The maximum absolute atomic E-state index is 13.3. The fraction of sp³-hybridized carbons (Fsp3) is 0.370. The van der Waals surface area contributed by atoms with Crippen LogP contribution in [-0.4, -0.2) is 33.5 Å². The quantitative estimate of drug-likeness (QED) is 0.376. The van der Waals surface area contributed by atoms with Gasteiger partial charge in [-0.2, -0.15) is 0 Å². The number of amides is 2. The van der Waals surface area contributed by atoms with Gasteiger partial charge in [0.2, 0.25) is 0 Å². The fourth-order valence-corrected chi connectivity index (χ4v) is 6.19. The molecule has 2 fully saturated rings. The van der Waals surface area contributed by atoms with Crippen molar-refractivity contribution in [3.8, 4) is 22.9 Å². The maximum Gasteiger partial charge on any atom is 0.322 e. The molecule has 1 aliphatic carbocycles. The summed E-state index contributed by atoms with van der Waals surface area (Å²) in [6.45, 7) is 7.74. The van der Waals surface area contributed by atoms with E-state index in [9.17, 15) is 4.79 Å². The van der Waals surface area contributed by atoms with Crippen LogP contribution in [0.4, 0.5) is 10.5 Å². The molecule has 2 bridgehead atoms. The largest absolute Gasteiger partial charge is 0.463 e. The molecule has 1 aliphatic heterocycles. The monoisotopic (exact) mass is 456 g/mol. The van der Waals surface area contributed by atoms with E-state index in [1.54, 1.807) is 12.5 Å². The number of furan rings is 2. The second-order valence-electron chi connectivity index (χ2n) is 10.9. The number of rotatable bonds is 3. The molecule has 7 heteroatoms. The molecule has 0 unspecified atom stereocenters. The van der Waals surface area contributed by atoms with Gasteiger partial charge < -0.3 is 19.1 Å². The average molecular weight is 457 g/mol. The van der Waals surface area contributed by atoms with Gasteiger partial charge in [0, 0.05) is 18.3 Å². The Labute approximate surface area is 198 Å². The molecule has 4 aromatic rings. The van der Waals surface area contributed by atoms with E-state index in [0.29, 0.717) is 39.6 Å². The molecule has 2 atom stereocenters. The Kier molecular flexibility index (Phi) is 4.59. The van der Waals surface area contributed by atoms with Crippen LogP contribution < -0.4 is 5.32 Å². The summed E-state index contributed by atoms with van der Waals surface area (Å²) in [6.07, 6.45) is 6.49. The van der Waals surface area contributed by atoms with E-state index in [0.717, 1.165) is 25.8 Å². The lowest BCUT2D eigenvalue weighted by molar-refractivity contribution is 0.130. The second kappa shape index (κ2) is 7.45. The van der Waals surface area contributed by atoms with Crippen LogP contribution in [0.25, 0.3) is 33.9 Å². The third kappa shape index (κ3) is 3.65. The van der Waals surface area contributed by atoms with Crippen molar-refractivity contribution in [2.24, 2.45) is 10.8 Å². The van der Waals surface area contributed by atoms with E-state index in [4.69, 9.17) is 18.8 Å². The minimum Gasteiger partial charge on any atom is -0.463 e. The van der Waals surface area contributed by atoms with E-state index in [2.05, 4.69) is 26.1 Å². The molecule has 1 aromatic carbocycles. The number of urea groups is 1. The molecular weight excluding hydrogens is 428 g/mol. The summed E-state index contributed by atoms with van der Waals surface area (Å²) in [5.74, 6) is 1.23. The Morgan fingerprint density at radius 1 is 0.971 bits per heavy atom. The van der Waals surface area contributed by atoms with Crippen molar-refractivity contribution in [2.45, 2.75) is 46.1 Å². The minimum absolute atomic E-state index is 0.0443. The maximum atomic E-state index is 13.3. The fourth-order valence-electron chi connectivity index (χ4n) is 6.19. The zero-order chi connectivity index (χ0) is 23.5. The van der Waals surface area contributed by atoms with Crippen molar-refractivity contribution in [3.63, 3.8) is 0 Å². The predicted octanol–water partition coefficient (Wildman–Crippen LogP) is 6.58. The van der Waals surface area contributed by atoms with Crippen molar-refractivity contribution in [3.05, 3.63) is 55.0 Å². The first kappa shape index (κ1) is 21.0. The van der Waals surface area contributed by atoms with Crippen LogP contribution in [0.5, 0.6) is 0 Å². The average Bonchev–Trinajstić information content (AvgIpc) is 3.53. The zero-order valence-electron chi connectivity index (χ0n) is 19.7. The van der Waals surface area contributed by atoms with Gasteiger partial charge in [0.05, 0.1) is 23.6 Å². The number of nitrogens with one attached hydrogen (secondary N) is 1. The molecule has 2 amide bonds. The molecule has 34 heavy (non-hydrogen) atoms. The van der Waals surface area contributed by atoms with Crippen LogP contribution in [0.15, 0.2) is 63.8 Å². The van der Waals surface area contributed by atoms with Gasteiger partial charge in [-0.15, -0.1) is 0 Å². The van der Waals surface area contributed by atoms with Crippen LogP contribution in [0.1, 0.15) is 40.0 Å². The number of anilines is 1. The highest BCUT2D eigenvalue weighted by Gasteiger charge is 2.51. The first-order chi connectivity index (χ1) is 16.3. The van der Waals surface area contributed by atoms with Crippen LogP contribution in [0.3, 0.4) is 0 Å². The van der Waals surface area contributed by atoms with Gasteiger partial charge in [-0.25, -0.2) is 14.8 Å². The molecule has 2 aliphatic rings. The molecule has 0 radical (unpaired) electrons. The molecule has 6 rings (SSSR count). The topological polar surface area (TPSA) is 84.4 Å². The summed E-state index contributed by atoms with van der Waals surface area (Å²) in [4.78, 5) is 24.9. The van der Waals surface area contributed by atoms with Gasteiger partial charge in [0.1, 0.15) is 11.4 Å². The first-order valence-electron chi connectivity index (χ1n) is 11.8. The van der Waals surface area contributed by atoms with Gasteiger partial charge in [0.25, 0.3) is 0 Å². The number of aromatic nitrogens is 2. The van der Waals surface area contributed by atoms with Crippen molar-refractivity contribution in [1.29, 1.82) is 0 Å². The summed E-state index contributed by atoms with van der Waals surface area (Å²) in [6, 6.07) is 13.2. The third-order valence-electron chi connectivity index (χ3n) is 7.10. The van der Waals surface area contributed by atoms with E-state index in [1.165, 1.54) is 0 Å². The molecule has 3 aromatic heterocycles. The highest BCUT2D eigenvalue weighted by molar-refractivity contribution is 5.93. The van der Waals surface area contributed by atoms with Crippen molar-refractivity contribution >= 4 is 22.8 Å². The van der Waals surface area contributed by atoms with Gasteiger partial charge in [0.15, 0.2) is 11.5 Å². The Morgan fingerprint density at radius 3 is 2.29 bits per heavy atom. The number of likely N-dealkylation sites (tertiary alicyclic amines) is 1. The van der Waals surface area contributed by atoms with Crippen LogP contribution in [0.2, 0.25) is 0 Å². The van der Waals surface area contributed by atoms with Crippen LogP contribution in [0, 0.1) is 10.8 Å². The number of carbonyl (C=O) groups excluding carboxylic acids is 1. The molecule has 0 spiro atoms. The summed E-state index contributed by atoms with van der Waals surface area (Å²) in [5.41, 5.74) is 3.76. The van der Waals surface area contributed by atoms with Gasteiger partial charge >= 0.3 is 6.03 Å². The highest BCUT2D eigenvalue weighted by atomic mass is 16.3. The van der Waals surface area contributed by atoms with E-state index in [1.807, 2.05) is 47.4 Å². The molecule has 174 valence electrons. The van der Waals surface area contributed by atoms with E-state index >= 15 is 0 Å². The number of hydrogen-bond donors (Lipinski definition) is 1. The SMILES string of the molecule is CC1(C)C[C@H]2C[C@@](C)(CN2C(=O)Nc2ccc3nc(-c4ccco4)c(-c4ccco4)nc3c2)C1. The predicted molar refractivity (Wildman–Crippen MR) is 130 cm³/mol. The molecule has 1 saturated carbocycles. The Hall–Kier alpha value is -3.61. The molecule has 1 saturated heterocycles. The van der Waals surface area contributed by atoms with E-state index < -0.39 is 0 Å². The van der Waals surface area contributed by atoms with Crippen molar-refractivity contribution < 1.29 is 13.6 Å². The molecule has 4 heterocycles. The zero-order valence-corrected chi connectivity index (χ0v) is 19.7.